The van der Waals surface area contributed by atoms with Gasteiger partial charge in [0.1, 0.15) is 11.5 Å². The third-order valence-electron chi connectivity index (χ3n) is 6.70. The van der Waals surface area contributed by atoms with Gasteiger partial charge < -0.3 is 19.1 Å². The van der Waals surface area contributed by atoms with Crippen LogP contribution in [0.15, 0.2) is 91.0 Å². The lowest BCUT2D eigenvalue weighted by Gasteiger charge is -2.16. The zero-order valence-corrected chi connectivity index (χ0v) is 22.3. The van der Waals surface area contributed by atoms with Crippen LogP contribution in [-0.2, 0) is 24.2 Å². The number of hydrogen-bond donors (Lipinski definition) is 1. The highest BCUT2D eigenvalue weighted by molar-refractivity contribution is 5.73. The third kappa shape index (κ3) is 7.51. The minimum atomic E-state index is -0.975. The Kier molecular flexibility index (Phi) is 9.63. The highest BCUT2D eigenvalue weighted by Crippen LogP contribution is 2.26. The molecule has 0 unspecified atom stereocenters. The van der Waals surface area contributed by atoms with Crippen molar-refractivity contribution in [3.63, 3.8) is 0 Å². The summed E-state index contributed by atoms with van der Waals surface area (Å²) in [6.07, 6.45) is 3.80. The standard InChI is InChI=1S/C33H37NO4/c1-3-4-9-26-13-17-29(18-14-26)37-23-8-22-34-25(2)12-21-31(34)28-15-19-30(20-16-28)38-32(33(35)36)24-27-10-6-5-7-11-27/h5-7,10-21,32H,3-4,8-9,22-24H2,1-2H3,(H,35,36)/t32-/m1/s1. The van der Waals surface area contributed by atoms with Crippen molar-refractivity contribution in [2.75, 3.05) is 6.61 Å². The van der Waals surface area contributed by atoms with Crippen LogP contribution in [0.1, 0.15) is 43.0 Å². The molecule has 0 fully saturated rings. The molecule has 38 heavy (non-hydrogen) atoms. The lowest BCUT2D eigenvalue weighted by Crippen LogP contribution is -2.29. The van der Waals surface area contributed by atoms with E-state index in [0.29, 0.717) is 18.8 Å². The minimum Gasteiger partial charge on any atom is -0.494 e. The van der Waals surface area contributed by atoms with Crippen LogP contribution in [0.3, 0.4) is 0 Å². The van der Waals surface area contributed by atoms with Crippen LogP contribution in [0, 0.1) is 6.92 Å². The van der Waals surface area contributed by atoms with Crippen LogP contribution in [0.25, 0.3) is 11.3 Å². The molecule has 0 bridgehead atoms. The maximum Gasteiger partial charge on any atom is 0.345 e. The maximum atomic E-state index is 11.8. The summed E-state index contributed by atoms with van der Waals surface area (Å²) in [6.45, 7) is 5.82. The monoisotopic (exact) mass is 511 g/mol. The van der Waals surface area contributed by atoms with Crippen molar-refractivity contribution < 1.29 is 19.4 Å². The summed E-state index contributed by atoms with van der Waals surface area (Å²) < 4.78 is 14.1. The number of aryl methyl sites for hydroxylation is 2. The van der Waals surface area contributed by atoms with Crippen molar-refractivity contribution in [3.05, 3.63) is 108 Å². The molecule has 1 N–H and O–H groups in total. The Hall–Kier alpha value is -3.99. The van der Waals surface area contributed by atoms with Gasteiger partial charge in [-0.3, -0.25) is 0 Å². The summed E-state index contributed by atoms with van der Waals surface area (Å²) in [5.41, 5.74) is 5.66. The summed E-state index contributed by atoms with van der Waals surface area (Å²) in [5, 5.41) is 9.65. The van der Waals surface area contributed by atoms with Gasteiger partial charge in [0.15, 0.2) is 6.10 Å². The van der Waals surface area contributed by atoms with Crippen molar-refractivity contribution in [2.45, 2.75) is 58.6 Å². The van der Waals surface area contributed by atoms with E-state index in [1.807, 2.05) is 54.6 Å². The van der Waals surface area contributed by atoms with Gasteiger partial charge in [-0.25, -0.2) is 4.79 Å². The van der Waals surface area contributed by atoms with Gasteiger partial charge in [0, 0.05) is 24.4 Å². The summed E-state index contributed by atoms with van der Waals surface area (Å²) >= 11 is 0. The molecule has 1 aromatic heterocycles. The van der Waals surface area contributed by atoms with Gasteiger partial charge >= 0.3 is 5.97 Å². The molecule has 4 rings (SSSR count). The Labute approximate surface area is 225 Å². The van der Waals surface area contributed by atoms with Crippen LogP contribution in [0.2, 0.25) is 0 Å². The zero-order valence-electron chi connectivity index (χ0n) is 22.3. The number of carbonyl (C=O) groups is 1. The Bertz CT molecular complexity index is 1280. The summed E-state index contributed by atoms with van der Waals surface area (Å²) in [6, 6.07) is 29.9. The van der Waals surface area contributed by atoms with E-state index in [1.54, 1.807) is 0 Å². The van der Waals surface area contributed by atoms with Crippen molar-refractivity contribution in [1.82, 2.24) is 4.57 Å². The molecule has 0 aliphatic carbocycles. The quantitative estimate of drug-likeness (QED) is 0.180. The first-order chi connectivity index (χ1) is 18.5. The summed E-state index contributed by atoms with van der Waals surface area (Å²) in [7, 11) is 0. The highest BCUT2D eigenvalue weighted by Gasteiger charge is 2.20. The molecule has 1 atom stereocenters. The van der Waals surface area contributed by atoms with Crippen molar-refractivity contribution >= 4 is 5.97 Å². The first-order valence-electron chi connectivity index (χ1n) is 13.4. The summed E-state index contributed by atoms with van der Waals surface area (Å²) in [4.78, 5) is 11.8. The topological polar surface area (TPSA) is 60.7 Å². The molecule has 4 aromatic rings. The third-order valence-corrected chi connectivity index (χ3v) is 6.70. The average molecular weight is 512 g/mol. The Balaban J connectivity index is 1.33. The second-order valence-electron chi connectivity index (χ2n) is 9.62. The highest BCUT2D eigenvalue weighted by atomic mass is 16.5. The van der Waals surface area contributed by atoms with Crippen LogP contribution in [0.5, 0.6) is 11.5 Å². The van der Waals surface area contributed by atoms with Gasteiger partial charge in [0.25, 0.3) is 0 Å². The second-order valence-corrected chi connectivity index (χ2v) is 9.62. The maximum absolute atomic E-state index is 11.8. The van der Waals surface area contributed by atoms with Crippen LogP contribution in [0.4, 0.5) is 0 Å². The number of hydrogen-bond acceptors (Lipinski definition) is 3. The summed E-state index contributed by atoms with van der Waals surface area (Å²) in [5.74, 6) is 0.482. The molecular formula is C33H37NO4. The van der Waals surface area contributed by atoms with Gasteiger partial charge in [0.2, 0.25) is 0 Å². The van der Waals surface area contributed by atoms with E-state index >= 15 is 0 Å². The fourth-order valence-electron chi connectivity index (χ4n) is 4.54. The predicted molar refractivity (Wildman–Crippen MR) is 152 cm³/mol. The van der Waals surface area contributed by atoms with E-state index < -0.39 is 12.1 Å². The van der Waals surface area contributed by atoms with Crippen molar-refractivity contribution in [1.29, 1.82) is 0 Å². The number of carboxylic acid groups (broad SMARTS) is 1. The van der Waals surface area contributed by atoms with Gasteiger partial charge in [-0.05, 0) is 91.4 Å². The van der Waals surface area contributed by atoms with Crippen LogP contribution >= 0.6 is 0 Å². The molecular weight excluding hydrogens is 474 g/mol. The van der Waals surface area contributed by atoms with Crippen molar-refractivity contribution in [3.8, 4) is 22.8 Å². The van der Waals surface area contributed by atoms with Gasteiger partial charge in [-0.15, -0.1) is 0 Å². The molecule has 0 aliphatic rings. The lowest BCUT2D eigenvalue weighted by atomic mass is 10.1. The van der Waals surface area contributed by atoms with Crippen LogP contribution in [-0.4, -0.2) is 28.4 Å². The number of nitrogens with zero attached hydrogens (tertiary/aromatic N) is 1. The largest absolute Gasteiger partial charge is 0.494 e. The van der Waals surface area contributed by atoms with Gasteiger partial charge in [-0.2, -0.15) is 0 Å². The van der Waals surface area contributed by atoms with Crippen molar-refractivity contribution in [2.24, 2.45) is 0 Å². The van der Waals surface area contributed by atoms with Gasteiger partial charge in [-0.1, -0.05) is 55.8 Å². The molecule has 0 saturated heterocycles. The number of unbranched alkanes of at least 4 members (excludes halogenated alkanes) is 1. The molecule has 0 saturated carbocycles. The number of ether oxygens (including phenoxy) is 2. The SMILES string of the molecule is CCCCc1ccc(OCCCn2c(C)ccc2-c2ccc(O[C@H](Cc3ccccc3)C(=O)O)cc2)cc1. The Morgan fingerprint density at radius 3 is 2.24 bits per heavy atom. The first-order valence-corrected chi connectivity index (χ1v) is 13.4. The first kappa shape index (κ1) is 27.1. The normalized spacial score (nSPS) is 11.7. The number of rotatable bonds is 14. The molecule has 5 heteroatoms. The minimum absolute atomic E-state index is 0.311. The molecule has 1 heterocycles. The van der Waals surface area contributed by atoms with E-state index in [-0.39, 0.29) is 0 Å². The molecule has 3 aromatic carbocycles. The molecule has 0 aliphatic heterocycles. The number of carboxylic acids is 1. The number of aliphatic carboxylic acids is 1. The lowest BCUT2D eigenvalue weighted by molar-refractivity contribution is -0.145. The fraction of sp³-hybridized carbons (Fsp3) is 0.303. The molecule has 0 radical (unpaired) electrons. The number of benzene rings is 3. The molecule has 0 amide bonds. The molecule has 0 spiro atoms. The zero-order chi connectivity index (χ0) is 26.7. The predicted octanol–water partition coefficient (Wildman–Crippen LogP) is 7.35. The average Bonchev–Trinajstić information content (AvgIpc) is 3.31. The Morgan fingerprint density at radius 2 is 1.55 bits per heavy atom. The fourth-order valence-corrected chi connectivity index (χ4v) is 4.54. The smallest absolute Gasteiger partial charge is 0.345 e. The molecule has 198 valence electrons. The van der Waals surface area contributed by atoms with E-state index in [4.69, 9.17) is 9.47 Å². The second kappa shape index (κ2) is 13.5. The molecule has 5 nitrogen and oxygen atoms in total. The Morgan fingerprint density at radius 1 is 0.842 bits per heavy atom. The van der Waals surface area contributed by atoms with E-state index in [9.17, 15) is 9.90 Å². The van der Waals surface area contributed by atoms with E-state index in [0.717, 1.165) is 42.0 Å². The van der Waals surface area contributed by atoms with Gasteiger partial charge in [0.05, 0.1) is 6.61 Å². The van der Waals surface area contributed by atoms with E-state index in [2.05, 4.69) is 54.8 Å². The van der Waals surface area contributed by atoms with Crippen LogP contribution < -0.4 is 9.47 Å². The van der Waals surface area contributed by atoms with E-state index in [1.165, 1.54) is 24.1 Å². The number of aromatic nitrogens is 1.